The van der Waals surface area contributed by atoms with E-state index in [0.717, 1.165) is 5.56 Å². The minimum atomic E-state index is -1.25. The highest BCUT2D eigenvalue weighted by Gasteiger charge is 2.16. The first-order chi connectivity index (χ1) is 18.8. The highest BCUT2D eigenvalue weighted by Crippen LogP contribution is 2.30. The van der Waals surface area contributed by atoms with E-state index in [2.05, 4.69) is 0 Å². The van der Waals surface area contributed by atoms with Crippen molar-refractivity contribution in [3.63, 3.8) is 0 Å². The largest absolute Gasteiger partial charge is 0.504 e. The number of aliphatic hydroxyl groups is 1. The number of carbonyl (C=O) groups is 1. The summed E-state index contributed by atoms with van der Waals surface area (Å²) < 4.78 is 26.4. The van der Waals surface area contributed by atoms with Gasteiger partial charge in [0, 0.05) is 5.57 Å². The van der Waals surface area contributed by atoms with Crippen LogP contribution in [-0.2, 0) is 4.79 Å². The average molecular weight is 533 g/mol. The van der Waals surface area contributed by atoms with Crippen LogP contribution < -0.4 is 23.7 Å². The first-order valence-electron chi connectivity index (χ1n) is 11.9. The lowest BCUT2D eigenvalue weighted by molar-refractivity contribution is -0.111. The molecule has 1 unspecified atom stereocenters. The fourth-order valence-corrected chi connectivity index (χ4v) is 3.75. The summed E-state index contributed by atoms with van der Waals surface area (Å²) in [6.07, 6.45) is 6.49. The van der Waals surface area contributed by atoms with E-state index in [0.29, 0.717) is 34.1 Å². The van der Waals surface area contributed by atoms with Crippen molar-refractivity contribution in [3.05, 3.63) is 89.0 Å². The molecule has 0 saturated heterocycles. The van der Waals surface area contributed by atoms with Gasteiger partial charge in [-0.05, 0) is 65.2 Å². The van der Waals surface area contributed by atoms with E-state index in [4.69, 9.17) is 23.7 Å². The number of phenols is 1. The monoisotopic (exact) mass is 532 g/mol. The lowest BCUT2D eigenvalue weighted by Gasteiger charge is -2.11. The molecule has 0 fully saturated rings. The number of hydrogen-bond acceptors (Lipinski definition) is 8. The van der Waals surface area contributed by atoms with Gasteiger partial charge in [0.15, 0.2) is 40.3 Å². The molecule has 3 aromatic rings. The standard InChI is InChI=1S/C31H32O8/c1-35-27-14-9-20(17-30(27)38-4)6-11-24(32)23(16-22-8-13-26(34)29(19-22)37-3)25(33)12-7-21-10-15-28(36-2)31(18-21)39-5/h6-19,24,32,34H,1-5H3/b11-6+,12-7+,23-16+. The summed E-state index contributed by atoms with van der Waals surface area (Å²) in [4.78, 5) is 13.3. The quantitative estimate of drug-likeness (QED) is 0.308. The molecule has 3 aromatic carbocycles. The molecule has 204 valence electrons. The molecule has 0 aromatic heterocycles. The Bertz CT molecular complexity index is 1390. The molecular formula is C31H32O8. The van der Waals surface area contributed by atoms with Crippen LogP contribution in [0.3, 0.4) is 0 Å². The number of benzene rings is 3. The van der Waals surface area contributed by atoms with E-state index in [1.165, 1.54) is 39.5 Å². The van der Waals surface area contributed by atoms with Gasteiger partial charge < -0.3 is 33.9 Å². The molecule has 39 heavy (non-hydrogen) atoms. The zero-order valence-corrected chi connectivity index (χ0v) is 22.5. The van der Waals surface area contributed by atoms with E-state index < -0.39 is 11.9 Å². The van der Waals surface area contributed by atoms with Gasteiger partial charge in [-0.25, -0.2) is 0 Å². The fraction of sp³-hybridized carbons (Fsp3) is 0.194. The van der Waals surface area contributed by atoms with Crippen molar-refractivity contribution in [2.75, 3.05) is 35.5 Å². The van der Waals surface area contributed by atoms with Crippen molar-refractivity contribution in [2.24, 2.45) is 0 Å². The van der Waals surface area contributed by atoms with Crippen molar-refractivity contribution in [1.82, 2.24) is 0 Å². The minimum Gasteiger partial charge on any atom is -0.504 e. The van der Waals surface area contributed by atoms with Gasteiger partial charge in [0.25, 0.3) is 0 Å². The van der Waals surface area contributed by atoms with E-state index >= 15 is 0 Å². The number of carbonyl (C=O) groups excluding carboxylic acids is 1. The van der Waals surface area contributed by atoms with Crippen LogP contribution in [-0.4, -0.2) is 57.6 Å². The Labute approximate surface area is 228 Å². The van der Waals surface area contributed by atoms with E-state index in [9.17, 15) is 15.0 Å². The number of allylic oxidation sites excluding steroid dienone is 1. The first-order valence-corrected chi connectivity index (χ1v) is 11.9. The van der Waals surface area contributed by atoms with Crippen LogP contribution in [0.4, 0.5) is 0 Å². The van der Waals surface area contributed by atoms with Crippen molar-refractivity contribution < 1.29 is 38.7 Å². The number of aromatic hydroxyl groups is 1. The Hall–Kier alpha value is -4.69. The third kappa shape index (κ3) is 7.43. The van der Waals surface area contributed by atoms with Gasteiger partial charge in [-0.1, -0.05) is 36.4 Å². The number of aliphatic hydroxyl groups excluding tert-OH is 1. The Morgan fingerprint density at radius 2 is 1.15 bits per heavy atom. The number of ketones is 1. The molecule has 0 heterocycles. The second-order valence-electron chi connectivity index (χ2n) is 8.26. The minimum absolute atomic E-state index is 0.0372. The summed E-state index contributed by atoms with van der Waals surface area (Å²) in [6.45, 7) is 0. The molecule has 8 nitrogen and oxygen atoms in total. The second kappa shape index (κ2) is 13.7. The lowest BCUT2D eigenvalue weighted by Crippen LogP contribution is -2.14. The third-order valence-corrected chi connectivity index (χ3v) is 5.84. The third-order valence-electron chi connectivity index (χ3n) is 5.84. The number of phenolic OH excluding ortho intramolecular Hbond substituents is 1. The molecule has 8 heteroatoms. The molecule has 0 spiro atoms. The molecule has 0 aliphatic heterocycles. The van der Waals surface area contributed by atoms with Gasteiger partial charge in [0.2, 0.25) is 0 Å². The molecule has 0 saturated carbocycles. The maximum absolute atomic E-state index is 13.3. The Kier molecular flexibility index (Phi) is 10.2. The van der Waals surface area contributed by atoms with Crippen LogP contribution in [0.1, 0.15) is 16.7 Å². The van der Waals surface area contributed by atoms with E-state index in [1.807, 2.05) is 0 Å². The first kappa shape index (κ1) is 28.9. The van der Waals surface area contributed by atoms with Gasteiger partial charge >= 0.3 is 0 Å². The van der Waals surface area contributed by atoms with Gasteiger partial charge in [-0.3, -0.25) is 4.79 Å². The summed E-state index contributed by atoms with van der Waals surface area (Å²) in [6, 6.07) is 15.2. The zero-order chi connectivity index (χ0) is 28.4. The van der Waals surface area contributed by atoms with Crippen LogP contribution in [0.15, 0.2) is 72.3 Å². The van der Waals surface area contributed by atoms with Gasteiger partial charge in [0.1, 0.15) is 6.10 Å². The Morgan fingerprint density at radius 3 is 1.69 bits per heavy atom. The van der Waals surface area contributed by atoms with E-state index in [1.54, 1.807) is 81.0 Å². The molecular weight excluding hydrogens is 500 g/mol. The van der Waals surface area contributed by atoms with Crippen molar-refractivity contribution in [2.45, 2.75) is 6.10 Å². The smallest absolute Gasteiger partial charge is 0.184 e. The van der Waals surface area contributed by atoms with Crippen molar-refractivity contribution >= 4 is 24.0 Å². The van der Waals surface area contributed by atoms with Gasteiger partial charge in [-0.2, -0.15) is 0 Å². The summed E-state index contributed by atoms with van der Waals surface area (Å²) in [7, 11) is 7.60. The molecule has 0 bridgehead atoms. The SMILES string of the molecule is COc1cc(/C=C(/C(=O)/C=C/c2ccc(OC)c(OC)c2)C(O)/C=C/c2ccc(OC)c(OC)c2)ccc1O. The van der Waals surface area contributed by atoms with Crippen LogP contribution in [0.2, 0.25) is 0 Å². The highest BCUT2D eigenvalue weighted by atomic mass is 16.5. The van der Waals surface area contributed by atoms with Crippen LogP contribution >= 0.6 is 0 Å². The topological polar surface area (TPSA) is 104 Å². The highest BCUT2D eigenvalue weighted by molar-refractivity contribution is 6.10. The lowest BCUT2D eigenvalue weighted by atomic mass is 9.99. The fourth-order valence-electron chi connectivity index (χ4n) is 3.75. The molecule has 3 rings (SSSR count). The molecule has 0 radical (unpaired) electrons. The van der Waals surface area contributed by atoms with Crippen molar-refractivity contribution in [1.29, 1.82) is 0 Å². The predicted molar refractivity (Wildman–Crippen MR) is 151 cm³/mol. The van der Waals surface area contributed by atoms with Crippen LogP contribution in [0.5, 0.6) is 34.5 Å². The summed E-state index contributed by atoms with van der Waals surface area (Å²) in [5, 5.41) is 21.0. The number of hydrogen-bond donors (Lipinski definition) is 2. The Balaban J connectivity index is 1.96. The number of ether oxygens (including phenoxy) is 5. The van der Waals surface area contributed by atoms with Crippen LogP contribution in [0, 0.1) is 0 Å². The molecule has 0 aliphatic carbocycles. The number of rotatable bonds is 12. The van der Waals surface area contributed by atoms with Crippen LogP contribution in [0.25, 0.3) is 18.2 Å². The maximum Gasteiger partial charge on any atom is 0.184 e. The van der Waals surface area contributed by atoms with Crippen molar-refractivity contribution in [3.8, 4) is 34.5 Å². The molecule has 0 amide bonds. The van der Waals surface area contributed by atoms with E-state index in [-0.39, 0.29) is 17.1 Å². The molecule has 2 N–H and O–H groups in total. The maximum atomic E-state index is 13.3. The predicted octanol–water partition coefficient (Wildman–Crippen LogP) is 5.18. The molecule has 0 aliphatic rings. The zero-order valence-electron chi connectivity index (χ0n) is 22.5. The van der Waals surface area contributed by atoms with Gasteiger partial charge in [0.05, 0.1) is 35.5 Å². The second-order valence-corrected chi connectivity index (χ2v) is 8.26. The number of methoxy groups -OCH3 is 5. The summed E-state index contributed by atoms with van der Waals surface area (Å²) in [5.74, 6) is 2.00. The Morgan fingerprint density at radius 1 is 0.667 bits per heavy atom. The normalized spacial score (nSPS) is 12.4. The summed E-state index contributed by atoms with van der Waals surface area (Å²) >= 11 is 0. The summed E-state index contributed by atoms with van der Waals surface area (Å²) in [5.41, 5.74) is 2.12. The molecule has 1 atom stereocenters. The average Bonchev–Trinajstić information content (AvgIpc) is 2.97. The van der Waals surface area contributed by atoms with Gasteiger partial charge in [-0.15, -0.1) is 0 Å².